The van der Waals surface area contributed by atoms with E-state index in [1.54, 1.807) is 0 Å². The third-order valence-corrected chi connectivity index (χ3v) is 5.03. The molecule has 22 heavy (non-hydrogen) atoms. The van der Waals surface area contributed by atoms with Crippen LogP contribution in [0.2, 0.25) is 4.43 Å². The average molecular weight is 492 g/mol. The Kier molecular flexibility index (Phi) is 8.33. The van der Waals surface area contributed by atoms with Crippen molar-refractivity contribution in [2.24, 2.45) is 0 Å². The van der Waals surface area contributed by atoms with Crippen LogP contribution >= 0.6 is 0 Å². The van der Waals surface area contributed by atoms with Crippen molar-refractivity contribution < 1.29 is 31.2 Å². The van der Waals surface area contributed by atoms with Crippen molar-refractivity contribution in [2.45, 2.75) is 73.1 Å². The van der Waals surface area contributed by atoms with Gasteiger partial charge in [0, 0.05) is 5.60 Å². The molecule has 3 unspecified atom stereocenters. The molecule has 0 bridgehead atoms. The quantitative estimate of drug-likeness (QED) is 0.473. The molecule has 3 rings (SSSR count). The molecule has 2 saturated heterocycles. The molecular weight excluding hydrogens is 463 g/mol. The van der Waals surface area contributed by atoms with Crippen LogP contribution in [0.1, 0.15) is 44.9 Å². The predicted octanol–water partition coefficient (Wildman–Crippen LogP) is 3.85. The Morgan fingerprint density at radius 1 is 0.864 bits per heavy atom. The Morgan fingerprint density at radius 2 is 1.45 bits per heavy atom. The molecule has 0 aromatic heterocycles. The van der Waals surface area contributed by atoms with E-state index in [9.17, 15) is 5.11 Å². The fraction of sp³-hybridized carbons (Fsp3) is 0.882. The van der Waals surface area contributed by atoms with Gasteiger partial charge in [-0.1, -0.05) is 44.6 Å². The summed E-state index contributed by atoms with van der Waals surface area (Å²) in [4.78, 5) is 0. The Bertz CT molecular complexity index is 321. The van der Waals surface area contributed by atoms with Crippen LogP contribution in [0.15, 0.2) is 12.2 Å². The first kappa shape index (κ1) is 18.8. The zero-order valence-electron chi connectivity index (χ0n) is 14.0. The summed E-state index contributed by atoms with van der Waals surface area (Å²) in [7, 11) is 0. The molecule has 0 amide bonds. The van der Waals surface area contributed by atoms with Gasteiger partial charge in [-0.15, -0.1) is 43.8 Å². The Balaban J connectivity index is 0.000000847. The minimum atomic E-state index is -0.842. The van der Waals surface area contributed by atoms with Crippen molar-refractivity contribution in [1.82, 2.24) is 0 Å². The number of piperidine rings is 2. The van der Waals surface area contributed by atoms with Crippen LogP contribution < -0.4 is 0 Å². The molecule has 0 aliphatic carbocycles. The number of rotatable bonds is 3. The van der Waals surface area contributed by atoms with Crippen molar-refractivity contribution in [2.75, 3.05) is 19.6 Å². The topological polar surface area (TPSA) is 62.5 Å². The van der Waals surface area contributed by atoms with Crippen LogP contribution in [0.4, 0.5) is 0 Å². The van der Waals surface area contributed by atoms with E-state index in [2.05, 4.69) is 16.6 Å². The van der Waals surface area contributed by atoms with Gasteiger partial charge >= 0.3 is 30.6 Å². The maximum absolute atomic E-state index is 11.6. The van der Waals surface area contributed by atoms with Gasteiger partial charge in [-0.25, -0.2) is 0 Å². The third kappa shape index (κ3) is 4.32. The third-order valence-electron chi connectivity index (χ3n) is 5.03. The maximum atomic E-state index is 11.6. The summed E-state index contributed by atoms with van der Waals surface area (Å²) in [5.74, 6) is 0. The molecule has 3 atom stereocenters. The van der Waals surface area contributed by atoms with Gasteiger partial charge in [-0.2, -0.15) is 0 Å². The van der Waals surface area contributed by atoms with Gasteiger partial charge in [-0.05, 0) is 6.42 Å². The molecule has 0 radical (unpaired) electrons. The zero-order chi connectivity index (χ0) is 15.8. The number of aliphatic hydroxyl groups is 1. The molecule has 0 spiro atoms. The first-order valence-electron chi connectivity index (χ1n) is 8.89. The zero-order valence-corrected chi connectivity index (χ0v) is 19.5. The Morgan fingerprint density at radius 3 is 1.86 bits per heavy atom. The number of nitrogens with zero attached hydrogens (tertiary/aromatic N) is 3. The number of hydrogen-bond donors (Lipinski definition) is 1. The van der Waals surface area contributed by atoms with E-state index in [0.717, 1.165) is 77.9 Å². The molecular formula is C17H29HgN3O-2. The van der Waals surface area contributed by atoms with Gasteiger partial charge in [0.1, 0.15) is 0 Å². The first-order valence-corrected chi connectivity index (χ1v) is 14.4. The summed E-state index contributed by atoms with van der Waals surface area (Å²) >= 11 is 1.03. The van der Waals surface area contributed by atoms with Crippen molar-refractivity contribution in [3.63, 3.8) is 0 Å². The van der Waals surface area contributed by atoms with Gasteiger partial charge in [0.25, 0.3) is 0 Å². The van der Waals surface area contributed by atoms with E-state index in [-0.39, 0.29) is 18.1 Å². The first-order chi connectivity index (χ1) is 10.8. The van der Waals surface area contributed by atoms with Gasteiger partial charge in [-0.3, -0.25) is 0 Å². The van der Waals surface area contributed by atoms with Crippen LogP contribution in [0, 0.1) is 0 Å². The fourth-order valence-corrected chi connectivity index (χ4v) is 3.89. The van der Waals surface area contributed by atoms with Crippen molar-refractivity contribution in [3.05, 3.63) is 28.1 Å². The van der Waals surface area contributed by atoms with Crippen LogP contribution in [0.3, 0.4) is 0 Å². The van der Waals surface area contributed by atoms with Gasteiger partial charge in [0.2, 0.25) is 0 Å². The molecule has 0 aromatic rings. The van der Waals surface area contributed by atoms with Crippen LogP contribution in [0.25, 0.3) is 16.0 Å². The summed E-state index contributed by atoms with van der Waals surface area (Å²) in [6.45, 7) is 2.51. The Hall–Kier alpha value is 0.515. The molecule has 5 heteroatoms. The second kappa shape index (κ2) is 9.72. The fourth-order valence-electron chi connectivity index (χ4n) is 3.89. The SMILES string of the molecule is OC(C1CC=CC[N-]1)(C1CCCC[N-]1)C1CCCC[N-]1.[CH3][Hg+]. The summed E-state index contributed by atoms with van der Waals surface area (Å²) in [5.41, 5.74) is -0.842. The van der Waals surface area contributed by atoms with E-state index >= 15 is 0 Å². The molecule has 2 fully saturated rings. The average Bonchev–Trinajstić information content (AvgIpc) is 2.65. The van der Waals surface area contributed by atoms with Crippen molar-refractivity contribution in [1.29, 1.82) is 0 Å². The molecule has 0 aromatic carbocycles. The van der Waals surface area contributed by atoms with Crippen molar-refractivity contribution >= 4 is 0 Å². The van der Waals surface area contributed by atoms with E-state index in [4.69, 9.17) is 16.0 Å². The summed E-state index contributed by atoms with van der Waals surface area (Å²) in [6.07, 6.45) is 11.8. The van der Waals surface area contributed by atoms with Crippen LogP contribution in [-0.4, -0.2) is 48.5 Å². The van der Waals surface area contributed by atoms with E-state index in [1.807, 2.05) is 0 Å². The van der Waals surface area contributed by atoms with Crippen molar-refractivity contribution in [3.8, 4) is 0 Å². The van der Waals surface area contributed by atoms with Gasteiger partial charge in [0.15, 0.2) is 0 Å². The van der Waals surface area contributed by atoms with Crippen LogP contribution in [-0.2, 0) is 26.1 Å². The summed E-state index contributed by atoms with van der Waals surface area (Å²) in [5, 5.41) is 25.8. The molecule has 3 aliphatic heterocycles. The molecule has 3 heterocycles. The molecule has 1 N–H and O–H groups in total. The normalized spacial score (nSPS) is 35.2. The van der Waals surface area contributed by atoms with E-state index < -0.39 is 5.60 Å². The monoisotopic (exact) mass is 493 g/mol. The Labute approximate surface area is 151 Å². The summed E-state index contributed by atoms with van der Waals surface area (Å²) in [6, 6.07) is 0.0397. The minimum absolute atomic E-state index is 0.0220. The molecule has 0 saturated carbocycles. The molecule has 4 nitrogen and oxygen atoms in total. The second-order valence-electron chi connectivity index (χ2n) is 6.31. The van der Waals surface area contributed by atoms with Gasteiger partial charge in [0.05, 0.1) is 0 Å². The van der Waals surface area contributed by atoms with Crippen LogP contribution in [0.5, 0.6) is 0 Å². The van der Waals surface area contributed by atoms with E-state index in [1.165, 1.54) is 12.8 Å². The summed E-state index contributed by atoms with van der Waals surface area (Å²) < 4.78 is 2.19. The van der Waals surface area contributed by atoms with E-state index in [0.29, 0.717) is 0 Å². The number of hydrogen-bond acceptors (Lipinski definition) is 1. The molecule has 3 aliphatic rings. The second-order valence-corrected chi connectivity index (χ2v) is 6.31. The van der Waals surface area contributed by atoms with Gasteiger partial charge < -0.3 is 21.1 Å². The predicted molar refractivity (Wildman–Crippen MR) is 88.3 cm³/mol. The standard InChI is InChI=1S/C16H26N3O.CH3.Hg/c20-16(13-7-1-4-10-17-13,14-8-2-5-11-18-14)15-9-3-6-12-19-15;;/h1,4,13-15,20H,2-3,5-12H2;1H3;/q-3;;+1. The molecule has 122 valence electrons.